The molecule has 0 saturated carbocycles. The molecule has 0 amide bonds. The van der Waals surface area contributed by atoms with E-state index in [1.165, 1.54) is 0 Å². The topological polar surface area (TPSA) is 33.0 Å². The zero-order chi connectivity index (χ0) is 11.2. The van der Waals surface area contributed by atoms with E-state index in [0.717, 1.165) is 24.6 Å². The molecule has 82 valence electrons. The fraction of sp³-hybridized carbons (Fsp3) is 0.909. The maximum absolute atomic E-state index is 9.08. The normalized spacial score (nSPS) is 16.0. The van der Waals surface area contributed by atoms with E-state index >= 15 is 0 Å². The Labute approximate surface area is 89.4 Å². The third-order valence-corrected chi connectivity index (χ3v) is 8.04. The maximum atomic E-state index is 9.08. The molecule has 0 N–H and O–H groups in total. The molecule has 0 aliphatic rings. The number of hydrogen-bond donors (Lipinski definition) is 0. The molecule has 0 aliphatic heterocycles. The Balaban J connectivity index is 4.67. The summed E-state index contributed by atoms with van der Waals surface area (Å²) in [6.07, 6.45) is 0.776. The quantitative estimate of drug-likeness (QED) is 0.630. The van der Waals surface area contributed by atoms with Crippen LogP contribution in [0.15, 0.2) is 0 Å². The van der Waals surface area contributed by atoms with Gasteiger partial charge in [-0.05, 0) is 31.5 Å². The van der Waals surface area contributed by atoms with Crippen LogP contribution >= 0.6 is 0 Å². The monoisotopic (exact) mass is 213 g/mol. The van der Waals surface area contributed by atoms with Crippen LogP contribution in [0.25, 0.3) is 0 Å². The van der Waals surface area contributed by atoms with Crippen LogP contribution in [0.5, 0.6) is 0 Å². The van der Waals surface area contributed by atoms with Gasteiger partial charge in [0.05, 0.1) is 6.07 Å². The molecule has 14 heavy (non-hydrogen) atoms. The summed E-state index contributed by atoms with van der Waals surface area (Å²) in [5, 5.41) is 9.08. The molecular formula is C11H23NOSi. The summed E-state index contributed by atoms with van der Waals surface area (Å²) in [4.78, 5) is 0. The van der Waals surface area contributed by atoms with Crippen molar-refractivity contribution >= 4 is 8.32 Å². The van der Waals surface area contributed by atoms with E-state index in [0.29, 0.717) is 0 Å². The molecule has 0 radical (unpaired) electrons. The molecule has 1 atom stereocenters. The summed E-state index contributed by atoms with van der Waals surface area (Å²) in [6.45, 7) is 10.5. The average Bonchev–Trinajstić information content (AvgIpc) is 2.26. The van der Waals surface area contributed by atoms with E-state index in [4.69, 9.17) is 9.69 Å². The Morgan fingerprint density at radius 1 is 1.14 bits per heavy atom. The summed E-state index contributed by atoms with van der Waals surface area (Å²) in [7, 11) is -1.62. The maximum Gasteiger partial charge on any atom is 0.194 e. The molecule has 0 spiro atoms. The molecule has 0 rings (SSSR count). The first-order valence-corrected chi connectivity index (χ1v) is 8.15. The lowest BCUT2D eigenvalue weighted by molar-refractivity contribution is 0.129. The van der Waals surface area contributed by atoms with Gasteiger partial charge in [-0.1, -0.05) is 27.7 Å². The van der Waals surface area contributed by atoms with Crippen LogP contribution in [0.1, 0.15) is 41.0 Å². The smallest absolute Gasteiger partial charge is 0.194 e. The first-order chi connectivity index (χ1) is 6.51. The average molecular weight is 213 g/mol. The Kier molecular flexibility index (Phi) is 5.39. The molecule has 0 heterocycles. The summed E-state index contributed by atoms with van der Waals surface area (Å²) in [5.41, 5.74) is -0.561. The van der Waals surface area contributed by atoms with Gasteiger partial charge >= 0.3 is 0 Å². The number of hydrogen-bond acceptors (Lipinski definition) is 2. The van der Waals surface area contributed by atoms with Gasteiger partial charge in [0.1, 0.15) is 5.60 Å². The summed E-state index contributed by atoms with van der Waals surface area (Å²) in [6, 6.07) is 5.62. The van der Waals surface area contributed by atoms with Crippen molar-refractivity contribution < 1.29 is 4.43 Å². The second-order valence-corrected chi connectivity index (χ2v) is 8.73. The van der Waals surface area contributed by atoms with Gasteiger partial charge in [0.2, 0.25) is 0 Å². The van der Waals surface area contributed by atoms with Crippen molar-refractivity contribution in [2.24, 2.45) is 0 Å². The molecule has 1 unspecified atom stereocenters. The Morgan fingerprint density at radius 3 is 1.79 bits per heavy atom. The third kappa shape index (κ3) is 3.11. The highest BCUT2D eigenvalue weighted by Gasteiger charge is 2.37. The van der Waals surface area contributed by atoms with E-state index in [9.17, 15) is 0 Å². The predicted octanol–water partition coefficient (Wildman–Crippen LogP) is 3.70. The zero-order valence-corrected chi connectivity index (χ0v) is 11.2. The van der Waals surface area contributed by atoms with Crippen LogP contribution in [0, 0.1) is 11.3 Å². The van der Waals surface area contributed by atoms with Crippen LogP contribution in [0.2, 0.25) is 18.1 Å². The Hall–Kier alpha value is -0.333. The highest BCUT2D eigenvalue weighted by molar-refractivity contribution is 6.73. The largest absolute Gasteiger partial charge is 0.399 e. The van der Waals surface area contributed by atoms with Crippen molar-refractivity contribution in [3.05, 3.63) is 0 Å². The molecule has 0 aromatic rings. The van der Waals surface area contributed by atoms with Gasteiger partial charge in [-0.25, -0.2) is 0 Å². The Bertz CT molecular complexity index is 200. The third-order valence-electron chi connectivity index (χ3n) is 3.29. The summed E-state index contributed by atoms with van der Waals surface area (Å²) in [5.74, 6) is 0. The SMILES string of the molecule is CCC(C)(C#N)O[Si](CC)(CC)CC. The second-order valence-electron chi connectivity index (χ2n) is 4.04. The van der Waals surface area contributed by atoms with Crippen molar-refractivity contribution in [1.82, 2.24) is 0 Å². The molecular weight excluding hydrogens is 190 g/mol. The van der Waals surface area contributed by atoms with Crippen molar-refractivity contribution in [3.63, 3.8) is 0 Å². The van der Waals surface area contributed by atoms with Crippen LogP contribution < -0.4 is 0 Å². The molecule has 0 aromatic heterocycles. The minimum absolute atomic E-state index is 0.561. The molecule has 0 aromatic carbocycles. The minimum Gasteiger partial charge on any atom is -0.399 e. The first-order valence-electron chi connectivity index (χ1n) is 5.62. The molecule has 0 fully saturated rings. The summed E-state index contributed by atoms with van der Waals surface area (Å²) >= 11 is 0. The molecule has 0 bridgehead atoms. The minimum atomic E-state index is -1.62. The molecule has 0 saturated heterocycles. The van der Waals surface area contributed by atoms with Crippen molar-refractivity contribution in [1.29, 1.82) is 5.26 Å². The number of nitriles is 1. The van der Waals surface area contributed by atoms with Crippen LogP contribution in [0.4, 0.5) is 0 Å². The lowest BCUT2D eigenvalue weighted by Crippen LogP contribution is -2.44. The van der Waals surface area contributed by atoms with E-state index in [1.807, 2.05) is 13.8 Å². The van der Waals surface area contributed by atoms with Crippen LogP contribution in [0.3, 0.4) is 0 Å². The first kappa shape index (κ1) is 13.7. The standard InChI is InChI=1S/C11H23NOSi/c1-6-11(5,10-12)13-14(7-2,8-3)9-4/h6-9H2,1-5H3. The number of nitrogens with zero attached hydrogens (tertiary/aromatic N) is 1. The molecule has 0 aliphatic carbocycles. The molecule has 3 heteroatoms. The van der Waals surface area contributed by atoms with Gasteiger partial charge in [-0.2, -0.15) is 5.26 Å². The predicted molar refractivity (Wildman–Crippen MR) is 62.6 cm³/mol. The van der Waals surface area contributed by atoms with Crippen molar-refractivity contribution in [2.75, 3.05) is 0 Å². The fourth-order valence-electron chi connectivity index (χ4n) is 1.62. The second kappa shape index (κ2) is 5.52. The fourth-order valence-corrected chi connectivity index (χ4v) is 4.70. The van der Waals surface area contributed by atoms with Gasteiger partial charge in [0, 0.05) is 0 Å². The summed E-state index contributed by atoms with van der Waals surface area (Å²) < 4.78 is 6.15. The number of rotatable bonds is 6. The van der Waals surface area contributed by atoms with Gasteiger partial charge in [-0.3, -0.25) is 0 Å². The highest BCUT2D eigenvalue weighted by atomic mass is 28.4. The van der Waals surface area contributed by atoms with Gasteiger partial charge in [-0.15, -0.1) is 0 Å². The van der Waals surface area contributed by atoms with E-state index < -0.39 is 13.9 Å². The van der Waals surface area contributed by atoms with Gasteiger partial charge < -0.3 is 4.43 Å². The lowest BCUT2D eigenvalue weighted by atomic mass is 10.1. The van der Waals surface area contributed by atoms with Crippen molar-refractivity contribution in [3.8, 4) is 6.07 Å². The van der Waals surface area contributed by atoms with Crippen molar-refractivity contribution in [2.45, 2.75) is 64.8 Å². The van der Waals surface area contributed by atoms with E-state index in [2.05, 4.69) is 26.8 Å². The molecule has 2 nitrogen and oxygen atoms in total. The Morgan fingerprint density at radius 2 is 1.57 bits per heavy atom. The highest BCUT2D eigenvalue weighted by Crippen LogP contribution is 2.29. The van der Waals surface area contributed by atoms with Gasteiger partial charge in [0.25, 0.3) is 0 Å². The van der Waals surface area contributed by atoms with Gasteiger partial charge in [0.15, 0.2) is 8.32 Å². The van der Waals surface area contributed by atoms with Crippen LogP contribution in [-0.2, 0) is 4.43 Å². The lowest BCUT2D eigenvalue weighted by Gasteiger charge is -2.35. The van der Waals surface area contributed by atoms with E-state index in [-0.39, 0.29) is 0 Å². The van der Waals surface area contributed by atoms with E-state index in [1.54, 1.807) is 0 Å². The van der Waals surface area contributed by atoms with Crippen LogP contribution in [-0.4, -0.2) is 13.9 Å². The zero-order valence-electron chi connectivity index (χ0n) is 10.2.